The van der Waals surface area contributed by atoms with E-state index in [4.69, 9.17) is 4.74 Å². The predicted octanol–water partition coefficient (Wildman–Crippen LogP) is 2.58. The summed E-state index contributed by atoms with van der Waals surface area (Å²) in [6.45, 7) is 4.27. The molecule has 3 heterocycles. The Morgan fingerprint density at radius 2 is 1.93 bits per heavy atom. The first-order valence-electron chi connectivity index (χ1n) is 9.46. The van der Waals surface area contributed by atoms with E-state index < -0.39 is 0 Å². The highest BCUT2D eigenvalue weighted by molar-refractivity contribution is 5.98. The number of ether oxygens (including phenoxy) is 1. The van der Waals surface area contributed by atoms with Crippen molar-refractivity contribution in [2.45, 2.75) is 13.0 Å². The third kappa shape index (κ3) is 2.66. The molecule has 2 aliphatic rings. The fourth-order valence-electron chi connectivity index (χ4n) is 4.08. The van der Waals surface area contributed by atoms with E-state index in [1.165, 1.54) is 6.33 Å². The van der Waals surface area contributed by atoms with Crippen molar-refractivity contribution < 1.29 is 9.53 Å². The molecule has 3 aromatic rings. The van der Waals surface area contributed by atoms with Crippen molar-refractivity contribution in [2.75, 3.05) is 31.6 Å². The maximum absolute atomic E-state index is 13.5. The van der Waals surface area contributed by atoms with E-state index >= 15 is 0 Å². The van der Waals surface area contributed by atoms with Crippen LogP contribution in [0.2, 0.25) is 0 Å². The normalized spacial score (nSPS) is 19.5. The SMILES string of the molecule is CC1=C(C(=O)N2CCOCC2)[C@@H](c2cccc3ccccc23)n2ncnc2N1. The summed E-state index contributed by atoms with van der Waals surface area (Å²) < 4.78 is 7.23. The van der Waals surface area contributed by atoms with Gasteiger partial charge in [-0.05, 0) is 23.3 Å². The van der Waals surface area contributed by atoms with E-state index in [1.807, 2.05) is 34.7 Å². The second-order valence-corrected chi connectivity index (χ2v) is 7.07. The molecule has 0 bridgehead atoms. The molecular formula is C21H21N5O2. The summed E-state index contributed by atoms with van der Waals surface area (Å²) >= 11 is 0. The van der Waals surface area contributed by atoms with Crippen molar-refractivity contribution in [2.24, 2.45) is 0 Å². The van der Waals surface area contributed by atoms with Crippen LogP contribution in [0.5, 0.6) is 0 Å². The largest absolute Gasteiger partial charge is 0.378 e. The summed E-state index contributed by atoms with van der Waals surface area (Å²) in [6, 6.07) is 14.1. The molecule has 1 fully saturated rings. The van der Waals surface area contributed by atoms with Gasteiger partial charge in [-0.2, -0.15) is 10.1 Å². The number of nitrogens with zero attached hydrogens (tertiary/aromatic N) is 4. The van der Waals surface area contributed by atoms with Crippen molar-refractivity contribution >= 4 is 22.6 Å². The van der Waals surface area contributed by atoms with E-state index in [0.29, 0.717) is 37.8 Å². The number of nitrogens with one attached hydrogen (secondary N) is 1. The average molecular weight is 375 g/mol. The fourth-order valence-corrected chi connectivity index (χ4v) is 4.08. The maximum atomic E-state index is 13.5. The number of anilines is 1. The van der Waals surface area contributed by atoms with Crippen LogP contribution in [-0.2, 0) is 9.53 Å². The standard InChI is InChI=1S/C21H21N5O2/c1-14-18(20(27)25-9-11-28-12-10-25)19(26-21(24-14)22-13-23-26)17-8-4-6-15-5-2-3-7-16(15)17/h2-8,13,19H,9-12H2,1H3,(H,22,23,24)/t19-/m1/s1. The molecule has 0 radical (unpaired) electrons. The number of benzene rings is 2. The molecule has 7 heteroatoms. The van der Waals surface area contributed by atoms with Crippen LogP contribution >= 0.6 is 0 Å². The van der Waals surface area contributed by atoms with Gasteiger partial charge in [-0.15, -0.1) is 0 Å². The van der Waals surface area contributed by atoms with E-state index in [2.05, 4.69) is 39.7 Å². The molecule has 1 saturated heterocycles. The van der Waals surface area contributed by atoms with Crippen molar-refractivity contribution in [1.82, 2.24) is 19.7 Å². The van der Waals surface area contributed by atoms with Crippen LogP contribution in [0.1, 0.15) is 18.5 Å². The molecule has 2 aliphatic heterocycles. The van der Waals surface area contributed by atoms with Gasteiger partial charge in [0.2, 0.25) is 5.95 Å². The van der Waals surface area contributed by atoms with E-state index in [0.717, 1.165) is 22.0 Å². The third-order valence-corrected chi connectivity index (χ3v) is 5.44. The van der Waals surface area contributed by atoms with Gasteiger partial charge in [-0.25, -0.2) is 4.68 Å². The lowest BCUT2D eigenvalue weighted by molar-refractivity contribution is -0.131. The fraction of sp³-hybridized carbons (Fsp3) is 0.286. The Bertz CT molecular complexity index is 1080. The van der Waals surface area contributed by atoms with Gasteiger partial charge in [0.25, 0.3) is 5.91 Å². The molecule has 1 amide bonds. The smallest absolute Gasteiger partial charge is 0.254 e. The Kier molecular flexibility index (Phi) is 4.09. The Labute approximate surface area is 162 Å². The maximum Gasteiger partial charge on any atom is 0.254 e. The Morgan fingerprint density at radius 1 is 1.14 bits per heavy atom. The topological polar surface area (TPSA) is 72.3 Å². The monoisotopic (exact) mass is 375 g/mol. The van der Waals surface area contributed by atoms with Crippen LogP contribution in [0, 0.1) is 0 Å². The number of hydrogen-bond acceptors (Lipinski definition) is 5. The number of morpholine rings is 1. The van der Waals surface area contributed by atoms with Gasteiger partial charge in [0, 0.05) is 18.8 Å². The summed E-state index contributed by atoms with van der Waals surface area (Å²) in [7, 11) is 0. The molecule has 1 N–H and O–H groups in total. The first-order valence-corrected chi connectivity index (χ1v) is 9.46. The first kappa shape index (κ1) is 16.9. The zero-order chi connectivity index (χ0) is 19.1. The molecule has 142 valence electrons. The van der Waals surface area contributed by atoms with Crippen LogP contribution in [0.3, 0.4) is 0 Å². The Morgan fingerprint density at radius 3 is 2.79 bits per heavy atom. The second-order valence-electron chi connectivity index (χ2n) is 7.07. The van der Waals surface area contributed by atoms with Gasteiger partial charge in [-0.1, -0.05) is 42.5 Å². The summed E-state index contributed by atoms with van der Waals surface area (Å²) in [5.74, 6) is 0.668. The van der Waals surface area contributed by atoms with Crippen LogP contribution in [0.25, 0.3) is 10.8 Å². The van der Waals surface area contributed by atoms with E-state index in [9.17, 15) is 4.79 Å². The number of fused-ring (bicyclic) bond motifs is 2. The number of hydrogen-bond donors (Lipinski definition) is 1. The van der Waals surface area contributed by atoms with Crippen molar-refractivity contribution in [3.63, 3.8) is 0 Å². The summed E-state index contributed by atoms with van der Waals surface area (Å²) in [6.07, 6.45) is 1.52. The number of carbonyl (C=O) groups excluding carboxylic acids is 1. The lowest BCUT2D eigenvalue weighted by Gasteiger charge is -2.34. The van der Waals surface area contributed by atoms with Gasteiger partial charge in [0.05, 0.1) is 18.8 Å². The minimum Gasteiger partial charge on any atom is -0.378 e. The minimum atomic E-state index is -0.333. The highest BCUT2D eigenvalue weighted by Gasteiger charge is 2.36. The van der Waals surface area contributed by atoms with Gasteiger partial charge < -0.3 is 15.0 Å². The molecule has 0 spiro atoms. The zero-order valence-electron chi connectivity index (χ0n) is 15.6. The molecule has 1 aromatic heterocycles. The van der Waals surface area contributed by atoms with E-state index in [-0.39, 0.29) is 11.9 Å². The van der Waals surface area contributed by atoms with Crippen molar-refractivity contribution in [3.8, 4) is 0 Å². The summed E-state index contributed by atoms with van der Waals surface area (Å²) in [5, 5.41) is 9.94. The minimum absolute atomic E-state index is 0.0207. The number of allylic oxidation sites excluding steroid dienone is 1. The number of carbonyl (C=O) groups is 1. The molecule has 0 unspecified atom stereocenters. The Hall–Kier alpha value is -3.19. The molecule has 28 heavy (non-hydrogen) atoms. The molecule has 0 aliphatic carbocycles. The third-order valence-electron chi connectivity index (χ3n) is 5.44. The highest BCUT2D eigenvalue weighted by Crippen LogP contribution is 2.38. The van der Waals surface area contributed by atoms with Crippen LogP contribution < -0.4 is 5.32 Å². The number of rotatable bonds is 2. The zero-order valence-corrected chi connectivity index (χ0v) is 15.6. The molecule has 7 nitrogen and oxygen atoms in total. The average Bonchev–Trinajstić information content (AvgIpc) is 3.20. The first-order chi connectivity index (χ1) is 13.7. The van der Waals surface area contributed by atoms with E-state index in [1.54, 1.807) is 0 Å². The molecule has 1 atom stereocenters. The van der Waals surface area contributed by atoms with Crippen molar-refractivity contribution in [1.29, 1.82) is 0 Å². The van der Waals surface area contributed by atoms with Crippen LogP contribution in [-0.4, -0.2) is 51.9 Å². The lowest BCUT2D eigenvalue weighted by atomic mass is 9.91. The Balaban J connectivity index is 1.69. The molecule has 5 rings (SSSR count). The van der Waals surface area contributed by atoms with Crippen LogP contribution in [0.4, 0.5) is 5.95 Å². The number of amides is 1. The molecule has 2 aromatic carbocycles. The van der Waals surface area contributed by atoms with Gasteiger partial charge in [0.15, 0.2) is 0 Å². The van der Waals surface area contributed by atoms with Gasteiger partial charge in [-0.3, -0.25) is 4.79 Å². The lowest BCUT2D eigenvalue weighted by Crippen LogP contribution is -2.44. The quantitative estimate of drug-likeness (QED) is 0.745. The van der Waals surface area contributed by atoms with Gasteiger partial charge >= 0.3 is 0 Å². The van der Waals surface area contributed by atoms with Crippen LogP contribution in [0.15, 0.2) is 60.1 Å². The van der Waals surface area contributed by atoms with Gasteiger partial charge in [0.1, 0.15) is 12.4 Å². The molecular weight excluding hydrogens is 354 g/mol. The molecule has 0 saturated carbocycles. The summed E-state index contributed by atoms with van der Waals surface area (Å²) in [4.78, 5) is 19.7. The second kappa shape index (κ2) is 6.76. The summed E-state index contributed by atoms with van der Waals surface area (Å²) in [5.41, 5.74) is 2.56. The van der Waals surface area contributed by atoms with Crippen molar-refractivity contribution in [3.05, 3.63) is 65.6 Å². The highest BCUT2D eigenvalue weighted by atomic mass is 16.5. The number of aromatic nitrogens is 3. The predicted molar refractivity (Wildman–Crippen MR) is 106 cm³/mol.